The van der Waals surface area contributed by atoms with E-state index in [-0.39, 0.29) is 0 Å². The Kier molecular flexibility index (Phi) is 6.36. The van der Waals surface area contributed by atoms with Crippen molar-refractivity contribution in [3.8, 4) is 55.9 Å². The first-order chi connectivity index (χ1) is 22.8. The molecule has 0 saturated heterocycles. The lowest BCUT2D eigenvalue weighted by Crippen LogP contribution is -2.09. The molecule has 0 radical (unpaired) electrons. The van der Waals surface area contributed by atoms with E-state index in [4.69, 9.17) is 9.72 Å². The minimum Gasteiger partial charge on any atom is -0.356 e. The summed E-state index contributed by atoms with van der Waals surface area (Å²) in [7, 11) is 0. The maximum absolute atomic E-state index is 6.49. The number of rotatable bonds is 4. The molecule has 218 valence electrons. The van der Waals surface area contributed by atoms with Crippen molar-refractivity contribution in [2.45, 2.75) is 13.3 Å². The van der Waals surface area contributed by atoms with Gasteiger partial charge in [-0.15, -0.1) is 0 Å². The van der Waals surface area contributed by atoms with Crippen molar-refractivity contribution in [3.63, 3.8) is 0 Å². The average Bonchev–Trinajstić information content (AvgIpc) is 3.48. The summed E-state index contributed by atoms with van der Waals surface area (Å²) in [5, 5.41) is 2.41. The van der Waals surface area contributed by atoms with Crippen LogP contribution in [-0.4, -0.2) is 9.55 Å². The Bertz CT molecular complexity index is 2360. The highest BCUT2D eigenvalue weighted by atomic mass is 16.5. The van der Waals surface area contributed by atoms with Crippen LogP contribution in [0.3, 0.4) is 0 Å². The van der Waals surface area contributed by atoms with Gasteiger partial charge in [0.2, 0.25) is 0 Å². The standard InChI is InChI=1S/C43H30N2O/c1-5-14-29(15-6-1)34-25-24-33-27-46-28-45-38-26-37(30-16-7-2-8-17-30)40(31-18-9-3-10-19-31)41(32-20-11-4-12-21-32)42(38)44-43(45)36-23-13-22-35(34)39(33)36/h1-26H,27-28H2. The van der Waals surface area contributed by atoms with Gasteiger partial charge in [-0.05, 0) is 61.3 Å². The third-order valence-corrected chi connectivity index (χ3v) is 9.18. The molecule has 0 unspecified atom stereocenters. The molecule has 1 aromatic heterocycles. The molecule has 0 spiro atoms. The molecule has 46 heavy (non-hydrogen) atoms. The Hall–Kier alpha value is -5.77. The number of fused-ring (bicyclic) bond motifs is 4. The fraction of sp³-hybridized carbons (Fsp3) is 0.0465. The van der Waals surface area contributed by atoms with E-state index in [1.165, 1.54) is 49.7 Å². The number of hydrogen-bond donors (Lipinski definition) is 0. The molecule has 0 fully saturated rings. The maximum atomic E-state index is 6.49. The summed E-state index contributed by atoms with van der Waals surface area (Å²) in [6.07, 6.45) is 0. The van der Waals surface area contributed by atoms with Crippen molar-refractivity contribution >= 4 is 21.8 Å². The van der Waals surface area contributed by atoms with E-state index < -0.39 is 0 Å². The number of imidazole rings is 1. The summed E-state index contributed by atoms with van der Waals surface area (Å²) in [5.41, 5.74) is 13.7. The first kappa shape index (κ1) is 26.6. The van der Waals surface area contributed by atoms with Gasteiger partial charge < -0.3 is 4.74 Å². The van der Waals surface area contributed by atoms with E-state index in [0.717, 1.165) is 33.5 Å². The van der Waals surface area contributed by atoms with Crippen molar-refractivity contribution in [2.75, 3.05) is 0 Å². The van der Waals surface area contributed by atoms with Gasteiger partial charge in [-0.25, -0.2) is 4.98 Å². The molecule has 3 heteroatoms. The Morgan fingerprint density at radius 3 is 1.74 bits per heavy atom. The van der Waals surface area contributed by atoms with Gasteiger partial charge in [0.25, 0.3) is 0 Å². The van der Waals surface area contributed by atoms with Crippen molar-refractivity contribution in [2.24, 2.45) is 0 Å². The number of hydrogen-bond acceptors (Lipinski definition) is 2. The summed E-state index contributed by atoms with van der Waals surface area (Å²) >= 11 is 0. The van der Waals surface area contributed by atoms with Gasteiger partial charge in [0.05, 0.1) is 17.6 Å². The van der Waals surface area contributed by atoms with Crippen LogP contribution in [0.15, 0.2) is 158 Å². The largest absolute Gasteiger partial charge is 0.356 e. The Morgan fingerprint density at radius 1 is 0.500 bits per heavy atom. The topological polar surface area (TPSA) is 27.1 Å². The number of aromatic nitrogens is 2. The summed E-state index contributed by atoms with van der Waals surface area (Å²) < 4.78 is 8.76. The van der Waals surface area contributed by atoms with Crippen LogP contribution >= 0.6 is 0 Å². The Labute approximate surface area is 268 Å². The van der Waals surface area contributed by atoms with Crippen LogP contribution in [0.5, 0.6) is 0 Å². The average molecular weight is 591 g/mol. The molecule has 0 aliphatic carbocycles. The normalized spacial score (nSPS) is 12.5. The lowest BCUT2D eigenvalue weighted by Gasteiger charge is -2.20. The highest BCUT2D eigenvalue weighted by Gasteiger charge is 2.26. The minimum absolute atomic E-state index is 0.412. The highest BCUT2D eigenvalue weighted by molar-refractivity contribution is 6.10. The third kappa shape index (κ3) is 4.28. The second kappa shape index (κ2) is 11.0. The van der Waals surface area contributed by atoms with Crippen molar-refractivity contribution < 1.29 is 4.74 Å². The summed E-state index contributed by atoms with van der Waals surface area (Å²) in [6.45, 7) is 0.941. The number of ether oxygens (including phenoxy) is 1. The van der Waals surface area contributed by atoms with E-state index in [1.54, 1.807) is 0 Å². The third-order valence-electron chi connectivity index (χ3n) is 9.18. The molecular weight excluding hydrogens is 560 g/mol. The molecule has 0 saturated carbocycles. The van der Waals surface area contributed by atoms with Gasteiger partial charge >= 0.3 is 0 Å². The second-order valence-electron chi connectivity index (χ2n) is 11.8. The van der Waals surface area contributed by atoms with Crippen LogP contribution in [0.4, 0.5) is 0 Å². The van der Waals surface area contributed by atoms with Crippen LogP contribution in [0.1, 0.15) is 5.56 Å². The highest BCUT2D eigenvalue weighted by Crippen LogP contribution is 2.47. The zero-order chi connectivity index (χ0) is 30.5. The molecule has 0 amide bonds. The van der Waals surface area contributed by atoms with Gasteiger partial charge in [0, 0.05) is 11.1 Å². The SMILES string of the molecule is c1ccc(-c2cc3c(nc4n3COCc3ccc(-c5ccccc5)c5cccc-4c35)c(-c3ccccc3)c2-c2ccccc2)cc1. The summed E-state index contributed by atoms with van der Waals surface area (Å²) in [4.78, 5) is 5.56. The Balaban J connectivity index is 1.41. The van der Waals surface area contributed by atoms with Crippen LogP contribution in [0, 0.1) is 0 Å². The van der Waals surface area contributed by atoms with Crippen LogP contribution < -0.4 is 0 Å². The van der Waals surface area contributed by atoms with Crippen LogP contribution in [-0.2, 0) is 18.1 Å². The smallest absolute Gasteiger partial charge is 0.143 e. The van der Waals surface area contributed by atoms with Crippen LogP contribution in [0.25, 0.3) is 77.7 Å². The first-order valence-electron chi connectivity index (χ1n) is 15.8. The van der Waals surface area contributed by atoms with Crippen molar-refractivity contribution in [3.05, 3.63) is 163 Å². The lowest BCUT2D eigenvalue weighted by atomic mass is 9.86. The lowest BCUT2D eigenvalue weighted by molar-refractivity contribution is 0.0675. The summed E-state index contributed by atoms with van der Waals surface area (Å²) in [6, 6.07) is 56.2. The number of nitrogens with zero attached hydrogens (tertiary/aromatic N) is 2. The number of benzene rings is 7. The molecule has 2 heterocycles. The first-order valence-corrected chi connectivity index (χ1v) is 15.8. The molecule has 9 rings (SSSR count). The van der Waals surface area contributed by atoms with E-state index in [1.807, 2.05) is 0 Å². The Morgan fingerprint density at radius 2 is 1.09 bits per heavy atom. The molecule has 0 N–H and O–H groups in total. The van der Waals surface area contributed by atoms with E-state index >= 15 is 0 Å². The monoisotopic (exact) mass is 590 g/mol. The van der Waals surface area contributed by atoms with E-state index in [0.29, 0.717) is 13.3 Å². The molecule has 8 aromatic rings. The molecule has 7 aromatic carbocycles. The predicted molar refractivity (Wildman–Crippen MR) is 189 cm³/mol. The fourth-order valence-corrected chi connectivity index (χ4v) is 7.13. The van der Waals surface area contributed by atoms with Crippen molar-refractivity contribution in [1.82, 2.24) is 9.55 Å². The quantitative estimate of drug-likeness (QED) is 0.204. The van der Waals surface area contributed by atoms with Gasteiger partial charge in [-0.2, -0.15) is 0 Å². The van der Waals surface area contributed by atoms with E-state index in [2.05, 4.69) is 162 Å². The molecular formula is C43H30N2O. The van der Waals surface area contributed by atoms with Gasteiger partial charge in [-0.3, -0.25) is 4.57 Å². The molecule has 1 aliphatic heterocycles. The molecule has 3 nitrogen and oxygen atoms in total. The summed E-state index contributed by atoms with van der Waals surface area (Å²) in [5.74, 6) is 0.924. The van der Waals surface area contributed by atoms with E-state index in [9.17, 15) is 0 Å². The molecule has 0 bridgehead atoms. The zero-order valence-electron chi connectivity index (χ0n) is 25.2. The predicted octanol–water partition coefficient (Wildman–Crippen LogP) is 11.0. The van der Waals surface area contributed by atoms with Crippen LogP contribution in [0.2, 0.25) is 0 Å². The van der Waals surface area contributed by atoms with Gasteiger partial charge in [0.15, 0.2) is 0 Å². The molecule has 1 aliphatic rings. The minimum atomic E-state index is 0.412. The van der Waals surface area contributed by atoms with Gasteiger partial charge in [0.1, 0.15) is 12.6 Å². The van der Waals surface area contributed by atoms with Crippen molar-refractivity contribution in [1.29, 1.82) is 0 Å². The second-order valence-corrected chi connectivity index (χ2v) is 11.8. The maximum Gasteiger partial charge on any atom is 0.143 e. The fourth-order valence-electron chi connectivity index (χ4n) is 7.13. The van der Waals surface area contributed by atoms with Gasteiger partial charge in [-0.1, -0.05) is 152 Å². The molecule has 0 atom stereocenters. The zero-order valence-corrected chi connectivity index (χ0v) is 25.2.